The predicted octanol–water partition coefficient (Wildman–Crippen LogP) is 3.37. The number of rotatable bonds is 3. The number of thioether (sulfide) groups is 1. The van der Waals surface area contributed by atoms with Crippen molar-refractivity contribution in [1.29, 1.82) is 0 Å². The first-order valence-electron chi connectivity index (χ1n) is 8.54. The Kier molecular flexibility index (Phi) is 4.82. The van der Waals surface area contributed by atoms with E-state index in [0.29, 0.717) is 5.17 Å². The summed E-state index contributed by atoms with van der Waals surface area (Å²) in [4.78, 5) is 32.8. The summed E-state index contributed by atoms with van der Waals surface area (Å²) in [5.74, 6) is 0.322. The molecule has 2 aliphatic rings. The van der Waals surface area contributed by atoms with Gasteiger partial charge >= 0.3 is 0 Å². The van der Waals surface area contributed by atoms with Crippen LogP contribution in [0.2, 0.25) is 0 Å². The van der Waals surface area contributed by atoms with Crippen LogP contribution in [-0.4, -0.2) is 29.3 Å². The Morgan fingerprint density at radius 2 is 2.08 bits per heavy atom. The molecule has 7 heteroatoms. The zero-order valence-electron chi connectivity index (χ0n) is 14.3. The van der Waals surface area contributed by atoms with E-state index in [1.165, 1.54) is 0 Å². The van der Waals surface area contributed by atoms with Crippen molar-refractivity contribution in [3.63, 3.8) is 0 Å². The molecule has 1 N–H and O–H groups in total. The van der Waals surface area contributed by atoms with Crippen LogP contribution in [0.5, 0.6) is 0 Å². The van der Waals surface area contributed by atoms with Crippen molar-refractivity contribution in [3.8, 4) is 0 Å². The maximum atomic E-state index is 12.9. The third-order valence-electron chi connectivity index (χ3n) is 4.62. The number of hydrogen-bond donors (Lipinski definition) is 1. The molecular weight excluding hydrogens is 366 g/mol. The Hall–Kier alpha value is -2.12. The number of nitrogens with zero attached hydrogens (tertiary/aromatic N) is 2. The number of aliphatic imine (C=N–C) groups is 1. The molecule has 0 aliphatic carbocycles. The number of carbonyl (C=O) groups excluding carboxylic acids is 2. The fourth-order valence-corrected chi connectivity index (χ4v) is 4.98. The van der Waals surface area contributed by atoms with Gasteiger partial charge in [-0.3, -0.25) is 14.6 Å². The summed E-state index contributed by atoms with van der Waals surface area (Å²) < 4.78 is 0. The first-order valence-corrected chi connectivity index (χ1v) is 10.4. The van der Waals surface area contributed by atoms with Crippen LogP contribution in [0, 0.1) is 12.8 Å². The van der Waals surface area contributed by atoms with Crippen LogP contribution in [0.25, 0.3) is 0 Å². The van der Waals surface area contributed by atoms with Gasteiger partial charge in [0.05, 0.1) is 18.5 Å². The van der Waals surface area contributed by atoms with Gasteiger partial charge in [0.2, 0.25) is 11.8 Å². The summed E-state index contributed by atoms with van der Waals surface area (Å²) >= 11 is 3.13. The molecule has 2 amide bonds. The maximum absolute atomic E-state index is 12.9. The van der Waals surface area contributed by atoms with Crippen molar-refractivity contribution in [3.05, 3.63) is 52.2 Å². The molecule has 0 unspecified atom stereocenters. The third kappa shape index (κ3) is 3.29. The number of amides is 2. The van der Waals surface area contributed by atoms with Crippen molar-refractivity contribution in [2.24, 2.45) is 10.9 Å². The Balaban J connectivity index is 1.67. The zero-order valence-corrected chi connectivity index (χ0v) is 16.0. The van der Waals surface area contributed by atoms with Crippen LogP contribution in [0.15, 0.2) is 46.8 Å². The highest BCUT2D eigenvalue weighted by atomic mass is 32.2. The monoisotopic (exact) mass is 385 g/mol. The largest absolute Gasteiger partial charge is 0.305 e. The van der Waals surface area contributed by atoms with Crippen molar-refractivity contribution >= 4 is 45.8 Å². The van der Waals surface area contributed by atoms with E-state index in [-0.39, 0.29) is 24.3 Å². The van der Waals surface area contributed by atoms with Gasteiger partial charge in [-0.1, -0.05) is 35.5 Å². The highest BCUT2D eigenvalue weighted by Crippen LogP contribution is 2.43. The lowest BCUT2D eigenvalue weighted by molar-refractivity contribution is -0.125. The zero-order chi connectivity index (χ0) is 18.1. The number of hydrogen-bond acceptors (Lipinski definition) is 5. The van der Waals surface area contributed by atoms with Crippen LogP contribution in [0.3, 0.4) is 0 Å². The van der Waals surface area contributed by atoms with Crippen molar-refractivity contribution in [1.82, 2.24) is 5.32 Å². The van der Waals surface area contributed by atoms with Gasteiger partial charge in [0.15, 0.2) is 5.17 Å². The van der Waals surface area contributed by atoms with Crippen molar-refractivity contribution in [2.75, 3.05) is 17.2 Å². The van der Waals surface area contributed by atoms with Gasteiger partial charge in [-0.05, 0) is 30.5 Å². The fourth-order valence-electron chi connectivity index (χ4n) is 3.37. The normalized spacial score (nSPS) is 22.6. The molecule has 0 saturated carbocycles. The lowest BCUT2D eigenvalue weighted by Gasteiger charge is -2.27. The fraction of sp³-hybridized carbons (Fsp3) is 0.316. The van der Waals surface area contributed by atoms with Crippen molar-refractivity contribution < 1.29 is 9.59 Å². The van der Waals surface area contributed by atoms with Gasteiger partial charge in [-0.15, -0.1) is 11.3 Å². The number of thiophene rings is 1. The molecule has 2 aromatic rings. The molecule has 2 atom stereocenters. The second-order valence-electron chi connectivity index (χ2n) is 6.39. The molecule has 2 aliphatic heterocycles. The molecule has 0 spiro atoms. The third-order valence-corrected chi connectivity index (χ3v) is 6.46. The summed E-state index contributed by atoms with van der Waals surface area (Å²) in [6, 6.07) is 11.6. The van der Waals surface area contributed by atoms with E-state index in [1.54, 1.807) is 28.0 Å². The summed E-state index contributed by atoms with van der Waals surface area (Å²) in [6.07, 6.45) is 0.209. The number of benzene rings is 1. The standard InChI is InChI=1S/C19H19N3O2S2/c1-12-4-6-13(7-5-12)22-16(23)11-14(17(22)15-3-2-9-25-15)18(24)21-19-20-8-10-26-19/h2-7,9,14,17H,8,10-11H2,1H3,(H,20,21,24)/t14-,17+/m1/s1. The average molecular weight is 386 g/mol. The minimum atomic E-state index is -0.425. The lowest BCUT2D eigenvalue weighted by Crippen LogP contribution is -2.37. The molecule has 3 heterocycles. The van der Waals surface area contributed by atoms with E-state index < -0.39 is 5.92 Å². The van der Waals surface area contributed by atoms with E-state index in [1.807, 2.05) is 48.7 Å². The van der Waals surface area contributed by atoms with Gasteiger partial charge in [0.1, 0.15) is 0 Å². The van der Waals surface area contributed by atoms with Gasteiger partial charge in [0, 0.05) is 22.7 Å². The summed E-state index contributed by atoms with van der Waals surface area (Å²) in [5, 5.41) is 5.57. The second kappa shape index (κ2) is 7.25. The molecule has 1 saturated heterocycles. The topological polar surface area (TPSA) is 61.8 Å². The Morgan fingerprint density at radius 1 is 1.27 bits per heavy atom. The van der Waals surface area contributed by atoms with Gasteiger partial charge in [0.25, 0.3) is 0 Å². The molecule has 4 rings (SSSR count). The molecule has 0 radical (unpaired) electrons. The molecule has 134 valence electrons. The minimum Gasteiger partial charge on any atom is -0.305 e. The number of amidine groups is 1. The van der Waals surface area contributed by atoms with Crippen LogP contribution in [0.1, 0.15) is 22.9 Å². The average Bonchev–Trinajstić information content (AvgIpc) is 3.36. The molecule has 26 heavy (non-hydrogen) atoms. The molecule has 5 nitrogen and oxygen atoms in total. The smallest absolute Gasteiger partial charge is 0.232 e. The molecular formula is C19H19N3O2S2. The highest BCUT2D eigenvalue weighted by Gasteiger charge is 2.46. The number of carbonyl (C=O) groups is 2. The number of anilines is 1. The maximum Gasteiger partial charge on any atom is 0.232 e. The van der Waals surface area contributed by atoms with E-state index in [2.05, 4.69) is 10.3 Å². The number of aryl methyl sites for hydroxylation is 1. The van der Waals surface area contributed by atoms with E-state index in [9.17, 15) is 9.59 Å². The quantitative estimate of drug-likeness (QED) is 0.881. The van der Waals surface area contributed by atoms with Crippen LogP contribution in [-0.2, 0) is 9.59 Å². The summed E-state index contributed by atoms with van der Waals surface area (Å²) in [6.45, 7) is 2.75. The Morgan fingerprint density at radius 3 is 2.73 bits per heavy atom. The van der Waals surface area contributed by atoms with Crippen molar-refractivity contribution in [2.45, 2.75) is 19.4 Å². The molecule has 0 bridgehead atoms. The van der Waals surface area contributed by atoms with Crippen LogP contribution in [0.4, 0.5) is 5.69 Å². The molecule has 1 aromatic carbocycles. The SMILES string of the molecule is Cc1ccc(N2C(=O)C[C@@H](C(=O)NC3=NCCS3)[C@H]2c2cccs2)cc1. The summed E-state index contributed by atoms with van der Waals surface area (Å²) in [5.41, 5.74) is 1.97. The van der Waals surface area contributed by atoms with E-state index >= 15 is 0 Å². The van der Waals surface area contributed by atoms with E-state index in [4.69, 9.17) is 0 Å². The number of nitrogens with one attached hydrogen (secondary N) is 1. The lowest BCUT2D eigenvalue weighted by atomic mass is 9.97. The van der Waals surface area contributed by atoms with Gasteiger partial charge in [-0.25, -0.2) is 0 Å². The minimum absolute atomic E-state index is 0.0200. The van der Waals surface area contributed by atoms with Crippen LogP contribution < -0.4 is 10.2 Å². The van der Waals surface area contributed by atoms with Gasteiger partial charge < -0.3 is 10.2 Å². The van der Waals surface area contributed by atoms with Gasteiger partial charge in [-0.2, -0.15) is 0 Å². The molecule has 1 fully saturated rings. The van der Waals surface area contributed by atoms with Crippen LogP contribution >= 0.6 is 23.1 Å². The second-order valence-corrected chi connectivity index (χ2v) is 8.46. The Labute approximate surface area is 160 Å². The Bertz CT molecular complexity index is 846. The first-order chi connectivity index (χ1) is 12.6. The summed E-state index contributed by atoms with van der Waals surface area (Å²) in [7, 11) is 0. The predicted molar refractivity (Wildman–Crippen MR) is 107 cm³/mol. The van der Waals surface area contributed by atoms with E-state index in [0.717, 1.165) is 28.4 Å². The molecule has 1 aromatic heterocycles. The highest BCUT2D eigenvalue weighted by molar-refractivity contribution is 8.14. The first kappa shape index (κ1) is 17.3.